The Balaban J connectivity index is 1.82. The van der Waals surface area contributed by atoms with Gasteiger partial charge in [-0.1, -0.05) is 24.3 Å². The number of fused-ring (bicyclic) bond motifs is 1. The van der Waals surface area contributed by atoms with Gasteiger partial charge in [-0.25, -0.2) is 5.01 Å². The molecule has 156 valence electrons. The molecule has 1 aliphatic rings. The summed E-state index contributed by atoms with van der Waals surface area (Å²) in [6, 6.07) is 11.0. The monoisotopic (exact) mass is 418 g/mol. The van der Waals surface area contributed by atoms with Gasteiger partial charge >= 0.3 is 18.3 Å². The Labute approximate surface area is 162 Å². The number of carbonyl (C=O) groups excluding carboxylic acids is 1. The zero-order valence-electron chi connectivity index (χ0n) is 14.8. The molecular weight excluding hydrogens is 402 g/mol. The van der Waals surface area contributed by atoms with Crippen molar-refractivity contribution in [2.45, 2.75) is 24.9 Å². The Morgan fingerprint density at radius 3 is 2.28 bits per heavy atom. The molecule has 10 heteroatoms. The fourth-order valence-electron chi connectivity index (χ4n) is 3.02. The summed E-state index contributed by atoms with van der Waals surface area (Å²) in [5.74, 6) is -1.97. The van der Waals surface area contributed by atoms with Gasteiger partial charge in [0.25, 0.3) is 0 Å². The second kappa shape index (κ2) is 7.94. The van der Waals surface area contributed by atoms with Gasteiger partial charge in [0.05, 0.1) is 12.1 Å². The van der Waals surface area contributed by atoms with E-state index in [1.54, 1.807) is 24.3 Å². The van der Waals surface area contributed by atoms with Crippen LogP contribution in [0.4, 0.5) is 26.3 Å². The van der Waals surface area contributed by atoms with Crippen molar-refractivity contribution in [3.63, 3.8) is 0 Å². The lowest BCUT2D eigenvalue weighted by Crippen LogP contribution is -2.49. The molecule has 0 fully saturated rings. The van der Waals surface area contributed by atoms with Crippen molar-refractivity contribution in [3.05, 3.63) is 65.2 Å². The lowest BCUT2D eigenvalue weighted by atomic mass is 10.0. The molecule has 2 aromatic rings. The van der Waals surface area contributed by atoms with Crippen LogP contribution in [0.2, 0.25) is 0 Å². The first-order chi connectivity index (χ1) is 13.5. The van der Waals surface area contributed by atoms with Gasteiger partial charge in [-0.05, 0) is 41.8 Å². The van der Waals surface area contributed by atoms with E-state index in [1.807, 2.05) is 5.43 Å². The molecular formula is C19H16F6N2O2. The molecule has 1 unspecified atom stereocenters. The number of hydrogen-bond donors (Lipinski definition) is 1. The zero-order valence-corrected chi connectivity index (χ0v) is 14.8. The Morgan fingerprint density at radius 1 is 1.00 bits per heavy atom. The number of nitrogens with zero attached hydrogens (tertiary/aromatic N) is 1. The molecule has 0 aliphatic carbocycles. The first kappa shape index (κ1) is 21.0. The van der Waals surface area contributed by atoms with E-state index >= 15 is 0 Å². The van der Waals surface area contributed by atoms with Crippen LogP contribution < -0.4 is 10.2 Å². The van der Waals surface area contributed by atoms with Gasteiger partial charge in [-0.3, -0.25) is 10.2 Å². The Hall–Kier alpha value is -2.75. The molecule has 0 spiro atoms. The average Bonchev–Trinajstić information content (AvgIpc) is 2.81. The van der Waals surface area contributed by atoms with Crippen molar-refractivity contribution in [2.75, 3.05) is 13.1 Å². The predicted octanol–water partition coefficient (Wildman–Crippen LogP) is 4.28. The molecule has 2 aromatic carbocycles. The van der Waals surface area contributed by atoms with Crippen LogP contribution >= 0.6 is 0 Å². The van der Waals surface area contributed by atoms with Crippen molar-refractivity contribution >= 4 is 5.91 Å². The van der Waals surface area contributed by atoms with Crippen molar-refractivity contribution in [1.29, 1.82) is 0 Å². The smallest absolute Gasteiger partial charge is 0.472 e. The molecule has 1 aliphatic heterocycles. The van der Waals surface area contributed by atoms with Gasteiger partial charge in [-0.2, -0.15) is 26.3 Å². The van der Waals surface area contributed by atoms with Gasteiger partial charge in [-0.15, -0.1) is 0 Å². The summed E-state index contributed by atoms with van der Waals surface area (Å²) in [6.45, 7) is 0.00552. The van der Waals surface area contributed by atoms with Gasteiger partial charge < -0.3 is 4.74 Å². The van der Waals surface area contributed by atoms with E-state index in [4.69, 9.17) is 4.74 Å². The van der Waals surface area contributed by atoms with E-state index in [0.29, 0.717) is 12.0 Å². The number of alkyl halides is 6. The van der Waals surface area contributed by atoms with Gasteiger partial charge in [0.15, 0.2) is 0 Å². The predicted molar refractivity (Wildman–Crippen MR) is 90.7 cm³/mol. The molecule has 1 atom stereocenters. The highest BCUT2D eigenvalue weighted by atomic mass is 19.4. The van der Waals surface area contributed by atoms with E-state index in [-0.39, 0.29) is 18.8 Å². The number of nitrogens with one attached hydrogen (secondary N) is 1. The minimum absolute atomic E-state index is 0.111. The second-order valence-corrected chi connectivity index (χ2v) is 6.46. The Morgan fingerprint density at radius 2 is 1.66 bits per heavy atom. The standard InChI is InChI=1S/C19H16F6N2O2/c20-18(21,22)13-5-7-14(8-6-13)29-16-11-27(26-17(28)19(23,24)25)10-9-12-3-1-2-4-15(12)16/h1-8,16H,9-11H2,(H,26,28). The van der Waals surface area contributed by atoms with Crippen LogP contribution in [-0.2, 0) is 17.4 Å². The van der Waals surface area contributed by atoms with Crippen molar-refractivity contribution in [1.82, 2.24) is 10.4 Å². The first-order valence-corrected chi connectivity index (χ1v) is 8.58. The van der Waals surface area contributed by atoms with Crippen LogP contribution in [0, 0.1) is 0 Å². The summed E-state index contributed by atoms with van der Waals surface area (Å²) in [7, 11) is 0. The van der Waals surface area contributed by atoms with E-state index in [2.05, 4.69) is 0 Å². The summed E-state index contributed by atoms with van der Waals surface area (Å²) in [5, 5.41) is 1.10. The number of hydrazine groups is 1. The molecule has 0 saturated heterocycles. The average molecular weight is 418 g/mol. The van der Waals surface area contributed by atoms with Crippen LogP contribution in [0.5, 0.6) is 5.75 Å². The van der Waals surface area contributed by atoms with Crippen molar-refractivity contribution < 1.29 is 35.9 Å². The summed E-state index contributed by atoms with van der Waals surface area (Å²) >= 11 is 0. The molecule has 4 nitrogen and oxygen atoms in total. The van der Waals surface area contributed by atoms with E-state index in [0.717, 1.165) is 34.8 Å². The van der Waals surface area contributed by atoms with Gasteiger partial charge in [0.1, 0.15) is 11.9 Å². The van der Waals surface area contributed by atoms with Gasteiger partial charge in [0.2, 0.25) is 0 Å². The third-order valence-electron chi connectivity index (χ3n) is 4.42. The molecule has 1 heterocycles. The van der Waals surface area contributed by atoms with Crippen LogP contribution in [0.3, 0.4) is 0 Å². The van der Waals surface area contributed by atoms with E-state index in [9.17, 15) is 31.1 Å². The van der Waals surface area contributed by atoms with Crippen LogP contribution in [0.15, 0.2) is 48.5 Å². The normalized spacial score (nSPS) is 17.9. The Kier molecular flexibility index (Phi) is 5.74. The molecule has 3 rings (SSSR count). The quantitative estimate of drug-likeness (QED) is 0.757. The molecule has 29 heavy (non-hydrogen) atoms. The SMILES string of the molecule is O=C(NN1CCc2ccccc2C(Oc2ccc(C(F)(F)F)cc2)C1)C(F)(F)F. The van der Waals surface area contributed by atoms with E-state index in [1.165, 1.54) is 0 Å². The maximum Gasteiger partial charge on any atom is 0.472 e. The number of rotatable bonds is 3. The molecule has 0 saturated carbocycles. The molecule has 1 amide bonds. The number of halogens is 6. The number of amides is 1. The topological polar surface area (TPSA) is 41.6 Å². The third kappa shape index (κ3) is 5.20. The van der Waals surface area contributed by atoms with E-state index < -0.39 is 29.9 Å². The molecule has 1 N–H and O–H groups in total. The zero-order chi connectivity index (χ0) is 21.2. The fourth-order valence-corrected chi connectivity index (χ4v) is 3.02. The van der Waals surface area contributed by atoms with Gasteiger partial charge in [0, 0.05) is 6.54 Å². The van der Waals surface area contributed by atoms with Crippen molar-refractivity contribution in [2.24, 2.45) is 0 Å². The third-order valence-corrected chi connectivity index (χ3v) is 4.42. The maximum atomic E-state index is 12.7. The maximum absolute atomic E-state index is 12.7. The lowest BCUT2D eigenvalue weighted by molar-refractivity contribution is -0.179. The lowest BCUT2D eigenvalue weighted by Gasteiger charge is -2.26. The highest BCUT2D eigenvalue weighted by molar-refractivity contribution is 5.81. The molecule has 0 aromatic heterocycles. The number of hydrogen-bond acceptors (Lipinski definition) is 3. The summed E-state index contributed by atoms with van der Waals surface area (Å²) in [5.41, 5.74) is 2.48. The first-order valence-electron chi connectivity index (χ1n) is 8.58. The van der Waals surface area contributed by atoms with Crippen LogP contribution in [-0.4, -0.2) is 30.2 Å². The highest BCUT2D eigenvalue weighted by Gasteiger charge is 2.40. The molecule has 0 radical (unpaired) electrons. The number of benzene rings is 2. The Bertz CT molecular complexity index is 864. The summed E-state index contributed by atoms with van der Waals surface area (Å²) in [4.78, 5) is 11.3. The number of carbonyl (C=O) groups is 1. The van der Waals surface area contributed by atoms with Crippen LogP contribution in [0.1, 0.15) is 22.8 Å². The summed E-state index contributed by atoms with van der Waals surface area (Å²) in [6.07, 6.45) is -9.96. The highest BCUT2D eigenvalue weighted by Crippen LogP contribution is 2.32. The number of ether oxygens (including phenoxy) is 1. The minimum Gasteiger partial charge on any atom is -0.484 e. The fraction of sp³-hybridized carbons (Fsp3) is 0.316. The minimum atomic E-state index is -5.04. The molecule has 0 bridgehead atoms. The van der Waals surface area contributed by atoms with Crippen molar-refractivity contribution in [3.8, 4) is 5.75 Å². The summed E-state index contributed by atoms with van der Waals surface area (Å²) < 4.78 is 81.7. The largest absolute Gasteiger partial charge is 0.484 e. The van der Waals surface area contributed by atoms with Crippen LogP contribution in [0.25, 0.3) is 0 Å². The second-order valence-electron chi connectivity index (χ2n) is 6.46.